The largest absolute Gasteiger partial charge is 0.504 e. The van der Waals surface area contributed by atoms with E-state index in [2.05, 4.69) is 34.3 Å². The minimum Gasteiger partial charge on any atom is -0.504 e. The predicted molar refractivity (Wildman–Crippen MR) is 137 cm³/mol. The standard InChI is InChI=1S/C28H36N4O3/c1-20-17-25(31(3)29-20)28(34)30(2)24(18-21-9-6-5-7-10-21)22-13-15-32(16-14-22)19-23-11-8-12-26(35-4)27(23)33/h5-12,17,22,24,33H,13-16,18-19H2,1-4H3/t24-/m0/s1. The highest BCUT2D eigenvalue weighted by Gasteiger charge is 2.33. The molecule has 7 heteroatoms. The van der Waals surface area contributed by atoms with Crippen LogP contribution < -0.4 is 4.74 Å². The van der Waals surface area contributed by atoms with Crippen LogP contribution in [0.25, 0.3) is 0 Å². The number of phenols is 1. The molecule has 3 aromatic rings. The normalized spacial score (nSPS) is 15.7. The summed E-state index contributed by atoms with van der Waals surface area (Å²) in [5, 5.41) is 14.9. The Morgan fingerprint density at radius 1 is 1.17 bits per heavy atom. The molecule has 0 radical (unpaired) electrons. The topological polar surface area (TPSA) is 70.8 Å². The van der Waals surface area contributed by atoms with Crippen LogP contribution in [0.5, 0.6) is 11.5 Å². The number of likely N-dealkylation sites (N-methyl/N-ethyl adjacent to an activating group) is 1. The molecule has 1 saturated heterocycles. The van der Waals surface area contributed by atoms with Gasteiger partial charge in [0.05, 0.1) is 12.8 Å². The molecule has 1 N–H and O–H groups in total. The number of rotatable bonds is 8. The molecule has 1 amide bonds. The number of hydrogen-bond acceptors (Lipinski definition) is 5. The first-order valence-electron chi connectivity index (χ1n) is 12.3. The Morgan fingerprint density at radius 2 is 1.89 bits per heavy atom. The van der Waals surface area contributed by atoms with Gasteiger partial charge in [-0.25, -0.2) is 0 Å². The van der Waals surface area contributed by atoms with Gasteiger partial charge in [0.25, 0.3) is 5.91 Å². The number of methoxy groups -OCH3 is 1. The van der Waals surface area contributed by atoms with Crippen LogP contribution in [0.4, 0.5) is 0 Å². The Morgan fingerprint density at radius 3 is 2.51 bits per heavy atom. The highest BCUT2D eigenvalue weighted by Crippen LogP contribution is 2.32. The minimum atomic E-state index is 0.0118. The minimum absolute atomic E-state index is 0.0118. The Hall–Kier alpha value is -3.32. The molecule has 0 aliphatic carbocycles. The number of aryl methyl sites for hydroxylation is 2. The number of para-hydroxylation sites is 1. The fourth-order valence-electron chi connectivity index (χ4n) is 5.21. The second kappa shape index (κ2) is 11.0. The maximum absolute atomic E-state index is 13.5. The van der Waals surface area contributed by atoms with Gasteiger partial charge in [-0.05, 0) is 62.9 Å². The molecule has 1 aromatic heterocycles. The average Bonchev–Trinajstić information content (AvgIpc) is 3.21. The number of aromatic nitrogens is 2. The maximum atomic E-state index is 13.5. The number of piperidine rings is 1. The van der Waals surface area contributed by atoms with Gasteiger partial charge in [-0.1, -0.05) is 42.5 Å². The zero-order chi connectivity index (χ0) is 24.9. The molecule has 186 valence electrons. The van der Waals surface area contributed by atoms with Crippen LogP contribution in [0.2, 0.25) is 0 Å². The maximum Gasteiger partial charge on any atom is 0.272 e. The first-order valence-corrected chi connectivity index (χ1v) is 12.3. The third-order valence-corrected chi connectivity index (χ3v) is 7.20. The van der Waals surface area contributed by atoms with Gasteiger partial charge < -0.3 is 14.7 Å². The van der Waals surface area contributed by atoms with Gasteiger partial charge in [0.1, 0.15) is 5.69 Å². The molecule has 1 fully saturated rings. The summed E-state index contributed by atoms with van der Waals surface area (Å²) in [6, 6.07) is 18.0. The number of carbonyl (C=O) groups is 1. The summed E-state index contributed by atoms with van der Waals surface area (Å²) in [6.07, 6.45) is 2.80. The van der Waals surface area contributed by atoms with Crippen LogP contribution in [0.1, 0.15) is 40.2 Å². The third-order valence-electron chi connectivity index (χ3n) is 7.20. The lowest BCUT2D eigenvalue weighted by molar-refractivity contribution is 0.0574. The first-order chi connectivity index (χ1) is 16.9. The van der Waals surface area contributed by atoms with Crippen LogP contribution in [0.3, 0.4) is 0 Å². The highest BCUT2D eigenvalue weighted by atomic mass is 16.5. The SMILES string of the molecule is COc1cccc(CN2CCC([C@H](Cc3ccccc3)N(C)C(=O)c3cc(C)nn3C)CC2)c1O. The van der Waals surface area contributed by atoms with Crippen LogP contribution >= 0.6 is 0 Å². The van der Waals surface area contributed by atoms with Crippen molar-refractivity contribution in [1.29, 1.82) is 0 Å². The second-order valence-corrected chi connectivity index (χ2v) is 9.55. The van der Waals surface area contributed by atoms with E-state index in [1.807, 2.05) is 50.2 Å². The number of likely N-dealkylation sites (tertiary alicyclic amines) is 1. The number of aromatic hydroxyl groups is 1. The summed E-state index contributed by atoms with van der Waals surface area (Å²) < 4.78 is 6.94. The summed E-state index contributed by atoms with van der Waals surface area (Å²) in [6.45, 7) is 4.43. The van der Waals surface area contributed by atoms with E-state index in [-0.39, 0.29) is 17.7 Å². The van der Waals surface area contributed by atoms with Crippen molar-refractivity contribution in [2.45, 2.75) is 38.8 Å². The van der Waals surface area contributed by atoms with E-state index in [0.717, 1.165) is 43.6 Å². The van der Waals surface area contributed by atoms with E-state index in [1.54, 1.807) is 17.9 Å². The molecule has 0 saturated carbocycles. The van der Waals surface area contributed by atoms with E-state index in [9.17, 15) is 9.90 Å². The van der Waals surface area contributed by atoms with Gasteiger partial charge in [-0.3, -0.25) is 14.4 Å². The molecule has 2 aromatic carbocycles. The summed E-state index contributed by atoms with van der Waals surface area (Å²) in [7, 11) is 5.33. The summed E-state index contributed by atoms with van der Waals surface area (Å²) in [5.41, 5.74) is 3.58. The molecule has 1 aliphatic heterocycles. The van der Waals surface area contributed by atoms with E-state index >= 15 is 0 Å². The molecule has 7 nitrogen and oxygen atoms in total. The van der Waals surface area contributed by atoms with Crippen molar-refractivity contribution in [3.63, 3.8) is 0 Å². The quantitative estimate of drug-likeness (QED) is 0.531. The van der Waals surface area contributed by atoms with E-state index < -0.39 is 0 Å². The highest BCUT2D eigenvalue weighted by molar-refractivity contribution is 5.92. The van der Waals surface area contributed by atoms with Crippen LogP contribution in [-0.2, 0) is 20.0 Å². The van der Waals surface area contributed by atoms with Crippen LogP contribution in [0.15, 0.2) is 54.6 Å². The number of amides is 1. The lowest BCUT2D eigenvalue weighted by Gasteiger charge is -2.40. The number of hydrogen-bond donors (Lipinski definition) is 1. The van der Waals surface area contributed by atoms with E-state index in [1.165, 1.54) is 5.56 Å². The fourth-order valence-corrected chi connectivity index (χ4v) is 5.21. The fraction of sp³-hybridized carbons (Fsp3) is 0.429. The molecular weight excluding hydrogens is 440 g/mol. The first kappa shape index (κ1) is 24.8. The molecule has 1 aliphatic rings. The number of phenolic OH excluding ortho intramolecular Hbond substituents is 1. The van der Waals surface area contributed by atoms with Crippen LogP contribution in [0, 0.1) is 12.8 Å². The zero-order valence-electron chi connectivity index (χ0n) is 21.1. The molecule has 0 bridgehead atoms. The second-order valence-electron chi connectivity index (χ2n) is 9.55. The average molecular weight is 477 g/mol. The Bertz CT molecular complexity index is 1140. The monoisotopic (exact) mass is 476 g/mol. The summed E-state index contributed by atoms with van der Waals surface area (Å²) >= 11 is 0. The smallest absolute Gasteiger partial charge is 0.272 e. The third kappa shape index (κ3) is 5.68. The van der Waals surface area contributed by atoms with Gasteiger partial charge in [-0.2, -0.15) is 5.10 Å². The number of carbonyl (C=O) groups excluding carboxylic acids is 1. The summed E-state index contributed by atoms with van der Waals surface area (Å²) in [4.78, 5) is 17.8. The summed E-state index contributed by atoms with van der Waals surface area (Å²) in [5.74, 6) is 1.12. The van der Waals surface area contributed by atoms with Crippen molar-refractivity contribution < 1.29 is 14.6 Å². The number of nitrogens with zero attached hydrogens (tertiary/aromatic N) is 4. The Balaban J connectivity index is 1.48. The molecule has 0 unspecified atom stereocenters. The van der Waals surface area contributed by atoms with Crippen molar-refractivity contribution in [1.82, 2.24) is 19.6 Å². The lowest BCUT2D eigenvalue weighted by atomic mass is 9.84. The van der Waals surface area contributed by atoms with Gasteiger partial charge in [0.2, 0.25) is 0 Å². The number of ether oxygens (including phenoxy) is 1. The molecule has 0 spiro atoms. The van der Waals surface area contributed by atoms with Crippen LogP contribution in [-0.4, -0.2) is 63.9 Å². The molecule has 2 heterocycles. The van der Waals surface area contributed by atoms with Crippen molar-refractivity contribution in [2.75, 3.05) is 27.2 Å². The van der Waals surface area contributed by atoms with Crippen molar-refractivity contribution in [3.05, 3.63) is 77.1 Å². The Kier molecular flexibility index (Phi) is 7.76. The van der Waals surface area contributed by atoms with Crippen molar-refractivity contribution >= 4 is 5.91 Å². The molecule has 35 heavy (non-hydrogen) atoms. The van der Waals surface area contributed by atoms with E-state index in [4.69, 9.17) is 4.74 Å². The van der Waals surface area contributed by atoms with Gasteiger partial charge >= 0.3 is 0 Å². The zero-order valence-corrected chi connectivity index (χ0v) is 21.1. The Labute approximate surface area is 207 Å². The molecular formula is C28H36N4O3. The molecule has 1 atom stereocenters. The lowest BCUT2D eigenvalue weighted by Crippen LogP contribution is -2.47. The number of benzene rings is 2. The van der Waals surface area contributed by atoms with Crippen molar-refractivity contribution in [3.8, 4) is 11.5 Å². The molecule has 4 rings (SSSR count). The van der Waals surface area contributed by atoms with Gasteiger partial charge in [0, 0.05) is 32.2 Å². The van der Waals surface area contributed by atoms with Crippen molar-refractivity contribution in [2.24, 2.45) is 13.0 Å². The predicted octanol–water partition coefficient (Wildman–Crippen LogP) is 4.04. The van der Waals surface area contributed by atoms with Gasteiger partial charge in [-0.15, -0.1) is 0 Å². The van der Waals surface area contributed by atoms with E-state index in [0.29, 0.717) is 23.9 Å². The van der Waals surface area contributed by atoms with Gasteiger partial charge in [0.15, 0.2) is 11.5 Å².